The van der Waals surface area contributed by atoms with Crippen LogP contribution in [-0.4, -0.2) is 40.8 Å². The summed E-state index contributed by atoms with van der Waals surface area (Å²) in [7, 11) is 2.06. The van der Waals surface area contributed by atoms with Crippen LogP contribution >= 0.6 is 0 Å². The molecule has 1 aliphatic rings. The predicted molar refractivity (Wildman–Crippen MR) is 62.7 cm³/mol. The van der Waals surface area contributed by atoms with Crippen molar-refractivity contribution >= 4 is 11.6 Å². The average Bonchev–Trinajstić information content (AvgIpc) is 2.97. The highest BCUT2D eigenvalue weighted by Gasteiger charge is 2.21. The summed E-state index contributed by atoms with van der Waals surface area (Å²) < 4.78 is 1.81. The maximum Gasteiger partial charge on any atom is 0.245 e. The van der Waals surface area contributed by atoms with Crippen molar-refractivity contribution in [3.8, 4) is 0 Å². The third-order valence-electron chi connectivity index (χ3n) is 3.13. The highest BCUT2D eigenvalue weighted by molar-refractivity contribution is 5.44. The van der Waals surface area contributed by atoms with E-state index in [1.54, 1.807) is 0 Å². The maximum atomic E-state index is 4.51. The van der Waals surface area contributed by atoms with Crippen molar-refractivity contribution in [3.05, 3.63) is 24.4 Å². The molecule has 1 aliphatic heterocycles. The molecular formula is C11H15N5. The van der Waals surface area contributed by atoms with Crippen LogP contribution in [0.5, 0.6) is 0 Å². The molecule has 2 aromatic rings. The van der Waals surface area contributed by atoms with Gasteiger partial charge in [0.15, 0.2) is 5.65 Å². The number of hydrogen-bond donors (Lipinski definition) is 1. The lowest BCUT2D eigenvalue weighted by Crippen LogP contribution is -2.34. The second kappa shape index (κ2) is 3.75. The van der Waals surface area contributed by atoms with Crippen molar-refractivity contribution in [1.82, 2.24) is 19.9 Å². The van der Waals surface area contributed by atoms with Gasteiger partial charge in [-0.2, -0.15) is 4.98 Å². The SMILES string of the molecule is CN(c1nc2ccccn2n1)C1CCNC1. The number of rotatable bonds is 2. The smallest absolute Gasteiger partial charge is 0.245 e. The first-order valence-corrected chi connectivity index (χ1v) is 5.59. The molecule has 0 bridgehead atoms. The van der Waals surface area contributed by atoms with Crippen molar-refractivity contribution in [2.75, 3.05) is 25.0 Å². The number of aromatic nitrogens is 3. The zero-order chi connectivity index (χ0) is 11.0. The minimum absolute atomic E-state index is 0.511. The molecule has 0 aromatic carbocycles. The third kappa shape index (κ3) is 1.53. The van der Waals surface area contributed by atoms with Crippen LogP contribution < -0.4 is 10.2 Å². The van der Waals surface area contributed by atoms with Gasteiger partial charge >= 0.3 is 0 Å². The van der Waals surface area contributed by atoms with E-state index in [-0.39, 0.29) is 0 Å². The largest absolute Gasteiger partial charge is 0.338 e. The normalized spacial score (nSPS) is 20.4. The van der Waals surface area contributed by atoms with Gasteiger partial charge in [0, 0.05) is 25.8 Å². The zero-order valence-electron chi connectivity index (χ0n) is 9.30. The number of fused-ring (bicyclic) bond motifs is 1. The average molecular weight is 217 g/mol. The van der Waals surface area contributed by atoms with Gasteiger partial charge in [0.05, 0.1) is 0 Å². The first-order valence-electron chi connectivity index (χ1n) is 5.59. The van der Waals surface area contributed by atoms with E-state index in [0.29, 0.717) is 6.04 Å². The summed E-state index contributed by atoms with van der Waals surface area (Å²) in [5, 5.41) is 7.81. The van der Waals surface area contributed by atoms with Crippen molar-refractivity contribution in [3.63, 3.8) is 0 Å². The Labute approximate surface area is 94.1 Å². The standard InChI is InChI=1S/C11H15N5/c1-15(9-5-6-12-8-9)11-13-10-4-2-3-7-16(10)14-11/h2-4,7,9,12H,5-6,8H2,1H3. The lowest BCUT2D eigenvalue weighted by atomic mass is 10.2. The highest BCUT2D eigenvalue weighted by Crippen LogP contribution is 2.14. The molecule has 3 heterocycles. The Hall–Kier alpha value is -1.62. The van der Waals surface area contributed by atoms with Gasteiger partial charge in [0.2, 0.25) is 5.95 Å². The fraction of sp³-hybridized carbons (Fsp3) is 0.455. The molecular weight excluding hydrogens is 202 g/mol. The Bertz CT molecular complexity index is 453. The Morgan fingerprint density at radius 2 is 2.44 bits per heavy atom. The molecule has 1 atom stereocenters. The maximum absolute atomic E-state index is 4.51. The molecule has 1 N–H and O–H groups in total. The number of hydrogen-bond acceptors (Lipinski definition) is 4. The number of nitrogens with one attached hydrogen (secondary N) is 1. The first kappa shape index (κ1) is 9.59. The number of pyridine rings is 1. The van der Waals surface area contributed by atoms with Crippen LogP contribution in [0.25, 0.3) is 5.65 Å². The lowest BCUT2D eigenvalue weighted by molar-refractivity contribution is 0.667. The van der Waals surface area contributed by atoms with Crippen LogP contribution in [0.1, 0.15) is 6.42 Å². The van der Waals surface area contributed by atoms with E-state index in [2.05, 4.69) is 27.3 Å². The van der Waals surface area contributed by atoms with Gasteiger partial charge in [-0.3, -0.25) is 0 Å². The van der Waals surface area contributed by atoms with Gasteiger partial charge in [-0.15, -0.1) is 5.10 Å². The second-order valence-electron chi connectivity index (χ2n) is 4.17. The predicted octanol–water partition coefficient (Wildman–Crippen LogP) is 0.527. The molecule has 2 aromatic heterocycles. The summed E-state index contributed by atoms with van der Waals surface area (Å²) in [5.41, 5.74) is 0.898. The van der Waals surface area contributed by atoms with Crippen LogP contribution in [0.15, 0.2) is 24.4 Å². The van der Waals surface area contributed by atoms with E-state index in [4.69, 9.17) is 0 Å². The van der Waals surface area contributed by atoms with Gasteiger partial charge < -0.3 is 10.2 Å². The van der Waals surface area contributed by atoms with Crippen LogP contribution in [0.4, 0.5) is 5.95 Å². The van der Waals surface area contributed by atoms with Crippen molar-refractivity contribution < 1.29 is 0 Å². The molecule has 0 saturated carbocycles. The minimum atomic E-state index is 0.511. The summed E-state index contributed by atoms with van der Waals surface area (Å²) in [6, 6.07) is 6.42. The Balaban J connectivity index is 1.92. The molecule has 5 nitrogen and oxygen atoms in total. The molecule has 16 heavy (non-hydrogen) atoms. The topological polar surface area (TPSA) is 45.5 Å². The quantitative estimate of drug-likeness (QED) is 0.797. The molecule has 0 amide bonds. The first-order chi connectivity index (χ1) is 7.84. The van der Waals surface area contributed by atoms with Gasteiger partial charge in [-0.05, 0) is 25.1 Å². The van der Waals surface area contributed by atoms with Crippen LogP contribution in [0, 0.1) is 0 Å². The van der Waals surface area contributed by atoms with Crippen LogP contribution in [0.3, 0.4) is 0 Å². The highest BCUT2D eigenvalue weighted by atomic mass is 15.4. The van der Waals surface area contributed by atoms with E-state index in [9.17, 15) is 0 Å². The molecule has 0 radical (unpaired) electrons. The summed E-state index contributed by atoms with van der Waals surface area (Å²) in [4.78, 5) is 6.67. The van der Waals surface area contributed by atoms with Gasteiger partial charge in [-0.25, -0.2) is 4.52 Å². The molecule has 0 aliphatic carbocycles. The molecule has 0 spiro atoms. The Kier molecular flexibility index (Phi) is 2.25. The van der Waals surface area contributed by atoms with Crippen molar-refractivity contribution in [1.29, 1.82) is 0 Å². The molecule has 1 fully saturated rings. The molecule has 1 saturated heterocycles. The van der Waals surface area contributed by atoms with Crippen molar-refractivity contribution in [2.24, 2.45) is 0 Å². The Morgan fingerprint density at radius 3 is 3.19 bits per heavy atom. The summed E-state index contributed by atoms with van der Waals surface area (Å²) >= 11 is 0. The van der Waals surface area contributed by atoms with Crippen LogP contribution in [-0.2, 0) is 0 Å². The zero-order valence-corrected chi connectivity index (χ0v) is 9.30. The van der Waals surface area contributed by atoms with E-state index < -0.39 is 0 Å². The third-order valence-corrected chi connectivity index (χ3v) is 3.13. The molecule has 3 rings (SSSR count). The van der Waals surface area contributed by atoms with E-state index in [0.717, 1.165) is 31.1 Å². The summed E-state index contributed by atoms with van der Waals surface area (Å²) in [5.74, 6) is 0.805. The van der Waals surface area contributed by atoms with Gasteiger partial charge in [0.1, 0.15) is 0 Å². The molecule has 5 heteroatoms. The second-order valence-corrected chi connectivity index (χ2v) is 4.17. The summed E-state index contributed by atoms with van der Waals surface area (Å²) in [6.07, 6.45) is 3.08. The van der Waals surface area contributed by atoms with Gasteiger partial charge in [0.25, 0.3) is 0 Å². The minimum Gasteiger partial charge on any atom is -0.338 e. The van der Waals surface area contributed by atoms with Gasteiger partial charge in [-0.1, -0.05) is 6.07 Å². The fourth-order valence-corrected chi connectivity index (χ4v) is 2.10. The van der Waals surface area contributed by atoms with E-state index in [1.165, 1.54) is 0 Å². The Morgan fingerprint density at radius 1 is 1.50 bits per heavy atom. The van der Waals surface area contributed by atoms with E-state index in [1.807, 2.05) is 28.9 Å². The molecule has 84 valence electrons. The lowest BCUT2D eigenvalue weighted by Gasteiger charge is -2.21. The number of likely N-dealkylation sites (N-methyl/N-ethyl adjacent to an activating group) is 1. The van der Waals surface area contributed by atoms with Crippen molar-refractivity contribution in [2.45, 2.75) is 12.5 Å². The number of nitrogens with zero attached hydrogens (tertiary/aromatic N) is 4. The van der Waals surface area contributed by atoms with Crippen LogP contribution in [0.2, 0.25) is 0 Å². The number of anilines is 1. The van der Waals surface area contributed by atoms with E-state index >= 15 is 0 Å². The summed E-state index contributed by atoms with van der Waals surface area (Å²) in [6.45, 7) is 2.11. The molecule has 1 unspecified atom stereocenters. The monoisotopic (exact) mass is 217 g/mol. The fourth-order valence-electron chi connectivity index (χ4n) is 2.10.